The van der Waals surface area contributed by atoms with Crippen LogP contribution in [0.4, 0.5) is 0 Å². The van der Waals surface area contributed by atoms with E-state index in [9.17, 15) is 0 Å². The number of aromatic nitrogens is 2. The molecule has 1 aromatic heterocycles. The number of benzene rings is 1. The van der Waals surface area contributed by atoms with Crippen LogP contribution in [-0.2, 0) is 12.8 Å². The van der Waals surface area contributed by atoms with Gasteiger partial charge in [0.1, 0.15) is 0 Å². The van der Waals surface area contributed by atoms with Crippen molar-refractivity contribution in [1.82, 2.24) is 10.1 Å². The molecule has 2 rings (SSSR count). The van der Waals surface area contributed by atoms with Gasteiger partial charge in [0.15, 0.2) is 5.82 Å². The van der Waals surface area contributed by atoms with Gasteiger partial charge in [-0.3, -0.25) is 0 Å². The van der Waals surface area contributed by atoms with Gasteiger partial charge >= 0.3 is 0 Å². The van der Waals surface area contributed by atoms with Gasteiger partial charge in [-0.05, 0) is 37.1 Å². The minimum Gasteiger partial charge on any atom is -0.339 e. The van der Waals surface area contributed by atoms with Crippen molar-refractivity contribution in [3.05, 3.63) is 46.0 Å². The van der Waals surface area contributed by atoms with Crippen molar-refractivity contribution >= 4 is 15.9 Å². The van der Waals surface area contributed by atoms with Crippen molar-refractivity contribution in [2.24, 2.45) is 5.73 Å². The summed E-state index contributed by atoms with van der Waals surface area (Å²) in [5.74, 6) is 1.49. The first-order chi connectivity index (χ1) is 9.78. The van der Waals surface area contributed by atoms with E-state index in [0.717, 1.165) is 42.0 Å². The average Bonchev–Trinajstić information content (AvgIpc) is 2.89. The van der Waals surface area contributed by atoms with Crippen molar-refractivity contribution in [2.45, 2.75) is 38.5 Å². The Morgan fingerprint density at radius 2 is 1.80 bits per heavy atom. The molecule has 108 valence electrons. The summed E-state index contributed by atoms with van der Waals surface area (Å²) < 4.78 is 6.35. The highest BCUT2D eigenvalue weighted by Gasteiger charge is 2.06. The van der Waals surface area contributed by atoms with Gasteiger partial charge in [-0.1, -0.05) is 46.1 Å². The van der Waals surface area contributed by atoms with Crippen LogP contribution in [-0.4, -0.2) is 16.7 Å². The number of halogens is 1. The summed E-state index contributed by atoms with van der Waals surface area (Å²) in [5, 5.41) is 4.03. The molecule has 0 aliphatic rings. The first kappa shape index (κ1) is 15.2. The molecule has 0 amide bonds. The van der Waals surface area contributed by atoms with Crippen molar-refractivity contribution < 1.29 is 4.52 Å². The summed E-state index contributed by atoms with van der Waals surface area (Å²) >= 11 is 3.42. The molecule has 1 heterocycles. The van der Waals surface area contributed by atoms with Crippen LogP contribution in [0, 0.1) is 0 Å². The minimum atomic E-state index is 0.712. The van der Waals surface area contributed by atoms with Crippen molar-refractivity contribution in [2.75, 3.05) is 6.54 Å². The predicted molar refractivity (Wildman–Crippen MR) is 82.5 cm³/mol. The Balaban J connectivity index is 1.78. The number of nitrogens with two attached hydrogens (primary N) is 1. The number of hydrogen-bond donors (Lipinski definition) is 1. The molecule has 0 saturated carbocycles. The molecule has 1 aromatic carbocycles. The summed E-state index contributed by atoms with van der Waals surface area (Å²) in [6.07, 6.45) is 6.10. The van der Waals surface area contributed by atoms with E-state index < -0.39 is 0 Å². The summed E-state index contributed by atoms with van der Waals surface area (Å²) in [7, 11) is 0. The third-order valence-corrected chi connectivity index (χ3v) is 3.66. The van der Waals surface area contributed by atoms with Gasteiger partial charge < -0.3 is 10.3 Å². The molecule has 0 bridgehead atoms. The second-order valence-electron chi connectivity index (χ2n) is 4.86. The van der Waals surface area contributed by atoms with E-state index in [2.05, 4.69) is 38.2 Å². The van der Waals surface area contributed by atoms with Crippen molar-refractivity contribution in [3.63, 3.8) is 0 Å². The van der Waals surface area contributed by atoms with Crippen LogP contribution < -0.4 is 5.73 Å². The maximum Gasteiger partial charge on any atom is 0.226 e. The van der Waals surface area contributed by atoms with Gasteiger partial charge in [0.25, 0.3) is 0 Å². The largest absolute Gasteiger partial charge is 0.339 e. The lowest BCUT2D eigenvalue weighted by atomic mass is 10.1. The van der Waals surface area contributed by atoms with Crippen molar-refractivity contribution in [1.29, 1.82) is 0 Å². The van der Waals surface area contributed by atoms with Crippen LogP contribution >= 0.6 is 15.9 Å². The fraction of sp³-hybridized carbons (Fsp3) is 0.467. The maximum atomic E-state index is 5.46. The summed E-state index contributed by atoms with van der Waals surface area (Å²) in [4.78, 5) is 4.43. The SMILES string of the molecule is NCCCCCCc1nc(Cc2ccc(Br)cc2)no1. The van der Waals surface area contributed by atoms with E-state index >= 15 is 0 Å². The van der Waals surface area contributed by atoms with Gasteiger partial charge in [0.2, 0.25) is 5.89 Å². The highest BCUT2D eigenvalue weighted by Crippen LogP contribution is 2.13. The lowest BCUT2D eigenvalue weighted by Crippen LogP contribution is -1.98. The van der Waals surface area contributed by atoms with Crippen LogP contribution in [0.25, 0.3) is 0 Å². The van der Waals surface area contributed by atoms with Gasteiger partial charge in [0, 0.05) is 17.3 Å². The zero-order valence-electron chi connectivity index (χ0n) is 11.5. The van der Waals surface area contributed by atoms with E-state index in [1.807, 2.05) is 12.1 Å². The Labute approximate surface area is 127 Å². The molecule has 0 fully saturated rings. The number of nitrogens with zero attached hydrogens (tertiary/aromatic N) is 2. The van der Waals surface area contributed by atoms with E-state index in [0.29, 0.717) is 6.42 Å². The molecule has 5 heteroatoms. The average molecular weight is 338 g/mol. The normalized spacial score (nSPS) is 10.9. The third-order valence-electron chi connectivity index (χ3n) is 3.13. The molecule has 0 radical (unpaired) electrons. The molecular formula is C15H20BrN3O. The molecule has 20 heavy (non-hydrogen) atoms. The fourth-order valence-electron chi connectivity index (χ4n) is 2.02. The standard InChI is InChI=1S/C15H20BrN3O/c16-13-8-6-12(7-9-13)11-14-18-15(20-19-14)5-3-1-2-4-10-17/h6-9H,1-5,10-11,17H2. The molecule has 0 atom stereocenters. The van der Waals surface area contributed by atoms with E-state index in [-0.39, 0.29) is 0 Å². The zero-order chi connectivity index (χ0) is 14.2. The molecular weight excluding hydrogens is 318 g/mol. The molecule has 2 N–H and O–H groups in total. The van der Waals surface area contributed by atoms with Gasteiger partial charge in [-0.2, -0.15) is 4.98 Å². The van der Waals surface area contributed by atoms with Gasteiger partial charge in [-0.25, -0.2) is 0 Å². The first-order valence-electron chi connectivity index (χ1n) is 7.04. The second kappa shape index (κ2) is 8.17. The molecule has 0 saturated heterocycles. The minimum absolute atomic E-state index is 0.712. The maximum absolute atomic E-state index is 5.46. The van der Waals surface area contributed by atoms with E-state index in [4.69, 9.17) is 10.3 Å². The van der Waals surface area contributed by atoms with E-state index in [1.54, 1.807) is 0 Å². The monoisotopic (exact) mass is 337 g/mol. The van der Waals surface area contributed by atoms with Crippen LogP contribution in [0.1, 0.15) is 43.0 Å². The fourth-order valence-corrected chi connectivity index (χ4v) is 2.29. The highest BCUT2D eigenvalue weighted by molar-refractivity contribution is 9.10. The first-order valence-corrected chi connectivity index (χ1v) is 7.83. The Morgan fingerprint density at radius 3 is 2.55 bits per heavy atom. The zero-order valence-corrected chi connectivity index (χ0v) is 13.1. The predicted octanol–water partition coefficient (Wildman–Crippen LogP) is 3.48. The topological polar surface area (TPSA) is 64.9 Å². The Hall–Kier alpha value is -1.20. The lowest BCUT2D eigenvalue weighted by Gasteiger charge is -1.97. The summed E-state index contributed by atoms with van der Waals surface area (Å²) in [6.45, 7) is 0.776. The highest BCUT2D eigenvalue weighted by atomic mass is 79.9. The number of hydrogen-bond acceptors (Lipinski definition) is 4. The van der Waals surface area contributed by atoms with Gasteiger partial charge in [-0.15, -0.1) is 0 Å². The third kappa shape index (κ3) is 5.06. The molecule has 0 aliphatic carbocycles. The van der Waals surface area contributed by atoms with Crippen LogP contribution in [0.15, 0.2) is 33.3 Å². The Bertz CT molecular complexity index is 510. The van der Waals surface area contributed by atoms with E-state index in [1.165, 1.54) is 18.4 Å². The van der Waals surface area contributed by atoms with Crippen molar-refractivity contribution in [3.8, 4) is 0 Å². The van der Waals surface area contributed by atoms with Crippen LogP contribution in [0.2, 0.25) is 0 Å². The molecule has 0 aliphatic heterocycles. The lowest BCUT2D eigenvalue weighted by molar-refractivity contribution is 0.369. The second-order valence-corrected chi connectivity index (χ2v) is 5.78. The molecule has 4 nitrogen and oxygen atoms in total. The molecule has 2 aromatic rings. The number of aryl methyl sites for hydroxylation is 1. The Kier molecular flexibility index (Phi) is 6.21. The number of unbranched alkanes of at least 4 members (excludes halogenated alkanes) is 3. The van der Waals surface area contributed by atoms with Crippen LogP contribution in [0.5, 0.6) is 0 Å². The van der Waals surface area contributed by atoms with Gasteiger partial charge in [0.05, 0.1) is 0 Å². The Morgan fingerprint density at radius 1 is 1.05 bits per heavy atom. The summed E-state index contributed by atoms with van der Waals surface area (Å²) in [6, 6.07) is 8.17. The summed E-state index contributed by atoms with van der Waals surface area (Å²) in [5.41, 5.74) is 6.65. The van der Waals surface area contributed by atoms with Crippen LogP contribution in [0.3, 0.4) is 0 Å². The number of rotatable bonds is 8. The molecule has 0 unspecified atom stereocenters. The smallest absolute Gasteiger partial charge is 0.226 e. The quantitative estimate of drug-likeness (QED) is 0.749. The molecule has 0 spiro atoms.